The van der Waals surface area contributed by atoms with Crippen LogP contribution in [0.25, 0.3) is 0 Å². The molecule has 0 saturated heterocycles. The van der Waals surface area contributed by atoms with Crippen LogP contribution in [0.15, 0.2) is 60.7 Å². The Hall–Kier alpha value is -1.42. The van der Waals surface area contributed by atoms with E-state index in [1.165, 1.54) is 10.4 Å². The van der Waals surface area contributed by atoms with Crippen molar-refractivity contribution in [2.45, 2.75) is 32.7 Å². The van der Waals surface area contributed by atoms with Crippen molar-refractivity contribution in [3.8, 4) is 0 Å². The van der Waals surface area contributed by atoms with Crippen molar-refractivity contribution < 1.29 is 4.53 Å². The van der Waals surface area contributed by atoms with Gasteiger partial charge in [-0.05, 0) is 15.4 Å². The number of hydrogen-bond donors (Lipinski definition) is 1. The number of hydroxylamine groups is 1. The number of nitrogens with one attached hydrogen (secondary N) is 1. The van der Waals surface area contributed by atoms with E-state index in [0.29, 0.717) is 0 Å². The maximum Gasteiger partial charge on any atom is 0.287 e. The van der Waals surface area contributed by atoms with Crippen LogP contribution >= 0.6 is 0 Å². The Morgan fingerprint density at radius 3 is 1.62 bits per heavy atom. The van der Waals surface area contributed by atoms with E-state index in [-0.39, 0.29) is 5.04 Å². The van der Waals surface area contributed by atoms with Crippen molar-refractivity contribution in [2.75, 3.05) is 6.54 Å². The summed E-state index contributed by atoms with van der Waals surface area (Å²) < 4.78 is 6.40. The molecule has 2 aromatic rings. The Morgan fingerprint density at radius 2 is 1.29 bits per heavy atom. The van der Waals surface area contributed by atoms with Gasteiger partial charge in [0.05, 0.1) is 0 Å². The summed E-state index contributed by atoms with van der Waals surface area (Å²) in [6.45, 7) is 9.69. The van der Waals surface area contributed by atoms with Gasteiger partial charge < -0.3 is 4.53 Å². The molecule has 3 heteroatoms. The molecule has 0 bridgehead atoms. The molecule has 0 atom stereocenters. The van der Waals surface area contributed by atoms with Gasteiger partial charge in [-0.15, -0.1) is 0 Å². The van der Waals surface area contributed by atoms with Crippen LogP contribution in [0.5, 0.6) is 0 Å². The highest BCUT2D eigenvalue weighted by Crippen LogP contribution is 2.35. The number of hydrogen-bond acceptors (Lipinski definition) is 2. The van der Waals surface area contributed by atoms with Crippen molar-refractivity contribution >= 4 is 18.7 Å². The van der Waals surface area contributed by atoms with Gasteiger partial charge in [-0.2, -0.15) is 0 Å². The van der Waals surface area contributed by atoms with Crippen LogP contribution < -0.4 is 15.9 Å². The molecular formula is C18H25NOSi. The van der Waals surface area contributed by atoms with E-state index >= 15 is 0 Å². The van der Waals surface area contributed by atoms with E-state index in [2.05, 4.69) is 93.8 Å². The Bertz CT molecular complexity index is 509. The topological polar surface area (TPSA) is 21.3 Å². The third-order valence-corrected chi connectivity index (χ3v) is 8.64. The first kappa shape index (κ1) is 16.0. The molecule has 1 N–H and O–H groups in total. The second-order valence-electron chi connectivity index (χ2n) is 6.26. The molecular weight excluding hydrogens is 274 g/mol. The lowest BCUT2D eigenvalue weighted by molar-refractivity contribution is 0.186. The number of rotatable bonds is 5. The molecule has 2 nitrogen and oxygen atoms in total. The largest absolute Gasteiger partial charge is 0.334 e. The maximum atomic E-state index is 6.40. The van der Waals surface area contributed by atoms with E-state index < -0.39 is 8.32 Å². The van der Waals surface area contributed by atoms with Crippen molar-refractivity contribution in [2.24, 2.45) is 0 Å². The average Bonchev–Trinajstić information content (AvgIpc) is 2.49. The monoisotopic (exact) mass is 299 g/mol. The summed E-state index contributed by atoms with van der Waals surface area (Å²) in [5.74, 6) is 0. The van der Waals surface area contributed by atoms with Gasteiger partial charge >= 0.3 is 0 Å². The zero-order valence-electron chi connectivity index (χ0n) is 13.4. The molecule has 0 unspecified atom stereocenters. The third kappa shape index (κ3) is 3.10. The highest BCUT2D eigenvalue weighted by molar-refractivity contribution is 6.99. The Morgan fingerprint density at radius 1 is 0.857 bits per heavy atom. The van der Waals surface area contributed by atoms with Gasteiger partial charge in [-0.3, -0.25) is 0 Å². The summed E-state index contributed by atoms with van der Waals surface area (Å²) in [5.41, 5.74) is 3.15. The molecule has 112 valence electrons. The molecule has 0 aromatic heterocycles. The molecule has 0 saturated carbocycles. The second-order valence-corrected chi connectivity index (χ2v) is 10.5. The Labute approximate surface area is 129 Å². The summed E-state index contributed by atoms with van der Waals surface area (Å²) in [6.07, 6.45) is 0. The molecule has 0 spiro atoms. The fraction of sp³-hybridized carbons (Fsp3) is 0.333. The van der Waals surface area contributed by atoms with Crippen LogP contribution in [0.2, 0.25) is 5.04 Å². The lowest BCUT2D eigenvalue weighted by Gasteiger charge is -2.42. The zero-order chi connectivity index (χ0) is 15.3. The summed E-state index contributed by atoms with van der Waals surface area (Å²) in [4.78, 5) is 0. The Balaban J connectivity index is 2.66. The van der Waals surface area contributed by atoms with Crippen molar-refractivity contribution in [3.63, 3.8) is 0 Å². The molecule has 0 radical (unpaired) electrons. The van der Waals surface area contributed by atoms with Crippen molar-refractivity contribution in [1.29, 1.82) is 0 Å². The van der Waals surface area contributed by atoms with E-state index in [1.807, 2.05) is 0 Å². The molecule has 0 aliphatic heterocycles. The average molecular weight is 299 g/mol. The van der Waals surface area contributed by atoms with Crippen LogP contribution in [0.3, 0.4) is 0 Å². The van der Waals surface area contributed by atoms with E-state index in [4.69, 9.17) is 4.53 Å². The zero-order valence-corrected chi connectivity index (χ0v) is 14.4. The van der Waals surface area contributed by atoms with Gasteiger partial charge in [0.15, 0.2) is 0 Å². The van der Waals surface area contributed by atoms with Crippen molar-refractivity contribution in [1.82, 2.24) is 5.48 Å². The SMILES string of the molecule is CCNO[Si](c1ccccc1)(c1ccccc1)C(C)(C)C. The third-order valence-electron chi connectivity index (χ3n) is 3.79. The fourth-order valence-corrected chi connectivity index (χ4v) is 7.12. The first-order valence-corrected chi connectivity index (χ1v) is 9.45. The van der Waals surface area contributed by atoms with Gasteiger partial charge in [0.25, 0.3) is 8.32 Å². The smallest absolute Gasteiger partial charge is 0.287 e. The number of benzene rings is 2. The van der Waals surface area contributed by atoms with E-state index in [0.717, 1.165) is 6.54 Å². The minimum absolute atomic E-state index is 0.0257. The summed E-state index contributed by atoms with van der Waals surface area (Å²) in [7, 11) is -2.38. The second kappa shape index (κ2) is 6.56. The van der Waals surface area contributed by atoms with Gasteiger partial charge in [-0.25, -0.2) is 5.48 Å². The van der Waals surface area contributed by atoms with Crippen LogP contribution in [0.1, 0.15) is 27.7 Å². The molecule has 0 heterocycles. The minimum atomic E-state index is -2.38. The lowest BCUT2D eigenvalue weighted by atomic mass is 10.2. The van der Waals surface area contributed by atoms with Gasteiger partial charge in [0.2, 0.25) is 0 Å². The summed E-state index contributed by atoms with van der Waals surface area (Å²) in [5, 5.41) is 2.62. The molecule has 0 aliphatic rings. The molecule has 0 fully saturated rings. The normalized spacial score (nSPS) is 12.4. The highest BCUT2D eigenvalue weighted by Gasteiger charge is 2.50. The summed E-state index contributed by atoms with van der Waals surface area (Å²) >= 11 is 0. The van der Waals surface area contributed by atoms with E-state index in [1.54, 1.807) is 0 Å². The predicted octanol–water partition coefficient (Wildman–Crippen LogP) is 3.09. The molecule has 2 rings (SSSR count). The lowest BCUT2D eigenvalue weighted by Crippen LogP contribution is -2.68. The molecule has 2 aromatic carbocycles. The fourth-order valence-electron chi connectivity index (χ4n) is 2.83. The predicted molar refractivity (Wildman–Crippen MR) is 92.4 cm³/mol. The van der Waals surface area contributed by atoms with Gasteiger partial charge in [0, 0.05) is 6.54 Å². The quantitative estimate of drug-likeness (QED) is 0.677. The van der Waals surface area contributed by atoms with E-state index in [9.17, 15) is 0 Å². The molecule has 0 amide bonds. The van der Waals surface area contributed by atoms with Gasteiger partial charge in [-0.1, -0.05) is 88.4 Å². The first-order valence-electron chi connectivity index (χ1n) is 7.54. The van der Waals surface area contributed by atoms with Crippen LogP contribution in [-0.4, -0.2) is 14.9 Å². The minimum Gasteiger partial charge on any atom is -0.334 e. The molecule has 0 aliphatic carbocycles. The van der Waals surface area contributed by atoms with Crippen LogP contribution in [-0.2, 0) is 4.53 Å². The molecule has 21 heavy (non-hydrogen) atoms. The standard InChI is InChI=1S/C18H25NOSi/c1-5-19-20-21(18(2,3)4,16-12-8-6-9-13-16)17-14-10-7-11-15-17/h6-15,19H,5H2,1-4H3. The van der Waals surface area contributed by atoms with Crippen molar-refractivity contribution in [3.05, 3.63) is 60.7 Å². The maximum absolute atomic E-state index is 6.40. The highest BCUT2D eigenvalue weighted by atomic mass is 28.4. The van der Waals surface area contributed by atoms with Gasteiger partial charge in [0.1, 0.15) is 0 Å². The van der Waals surface area contributed by atoms with Crippen LogP contribution in [0, 0.1) is 0 Å². The summed E-state index contributed by atoms with van der Waals surface area (Å²) in [6, 6.07) is 21.3. The Kier molecular flexibility index (Phi) is 4.98. The first-order chi connectivity index (χ1) is 10.0. The van der Waals surface area contributed by atoms with Crippen LogP contribution in [0.4, 0.5) is 0 Å².